The summed E-state index contributed by atoms with van der Waals surface area (Å²) in [6, 6.07) is 9.29. The minimum absolute atomic E-state index is 0.164. The predicted octanol–water partition coefficient (Wildman–Crippen LogP) is 2.82. The highest BCUT2D eigenvalue weighted by Gasteiger charge is 2.49. The van der Waals surface area contributed by atoms with Crippen molar-refractivity contribution in [3.63, 3.8) is 0 Å². The SMILES string of the molecule is O=C(ON1C(=O)c2ccccc2C1=O)[C@@H]1C[C@H]1c1ccc(F)cc1F. The Bertz CT molecular complexity index is 892. The number of halogens is 2. The van der Waals surface area contributed by atoms with Crippen LogP contribution in [-0.2, 0) is 9.63 Å². The number of amides is 2. The van der Waals surface area contributed by atoms with Crippen LogP contribution in [0.1, 0.15) is 38.6 Å². The van der Waals surface area contributed by atoms with Gasteiger partial charge < -0.3 is 4.84 Å². The van der Waals surface area contributed by atoms with Crippen molar-refractivity contribution in [2.45, 2.75) is 12.3 Å². The highest BCUT2D eigenvalue weighted by Crippen LogP contribution is 2.49. The van der Waals surface area contributed by atoms with Gasteiger partial charge in [0.05, 0.1) is 17.0 Å². The smallest absolute Gasteiger partial charge is 0.329 e. The van der Waals surface area contributed by atoms with E-state index < -0.39 is 41.3 Å². The van der Waals surface area contributed by atoms with E-state index in [4.69, 9.17) is 4.84 Å². The lowest BCUT2D eigenvalue weighted by atomic mass is 10.1. The highest BCUT2D eigenvalue weighted by molar-refractivity contribution is 6.20. The fourth-order valence-corrected chi connectivity index (χ4v) is 3.01. The average molecular weight is 343 g/mol. The third-order valence-corrected chi connectivity index (χ3v) is 4.39. The Morgan fingerprint density at radius 2 is 1.68 bits per heavy atom. The van der Waals surface area contributed by atoms with Crippen LogP contribution in [0.4, 0.5) is 8.78 Å². The Kier molecular flexibility index (Phi) is 3.38. The predicted molar refractivity (Wildman–Crippen MR) is 80.2 cm³/mol. The molecule has 1 saturated carbocycles. The molecular formula is C18H11F2NO4. The van der Waals surface area contributed by atoms with Crippen molar-refractivity contribution >= 4 is 17.8 Å². The molecule has 2 aromatic carbocycles. The fourth-order valence-electron chi connectivity index (χ4n) is 3.01. The first kappa shape index (κ1) is 15.4. The molecule has 5 nitrogen and oxygen atoms in total. The molecule has 1 aliphatic heterocycles. The summed E-state index contributed by atoms with van der Waals surface area (Å²) in [4.78, 5) is 41.5. The number of carbonyl (C=O) groups excluding carboxylic acids is 3. The van der Waals surface area contributed by atoms with Crippen LogP contribution in [0.15, 0.2) is 42.5 Å². The molecule has 2 aliphatic rings. The normalized spacial score (nSPS) is 21.3. The average Bonchev–Trinajstić information content (AvgIpc) is 3.34. The Hall–Kier alpha value is -3.09. The van der Waals surface area contributed by atoms with E-state index in [0.29, 0.717) is 11.5 Å². The van der Waals surface area contributed by atoms with Crippen LogP contribution in [-0.4, -0.2) is 22.8 Å². The molecule has 2 aromatic rings. The molecule has 2 amide bonds. The van der Waals surface area contributed by atoms with Gasteiger partial charge in [0.25, 0.3) is 11.8 Å². The van der Waals surface area contributed by atoms with Gasteiger partial charge in [0, 0.05) is 12.0 Å². The maximum Gasteiger partial charge on any atom is 0.336 e. The quantitative estimate of drug-likeness (QED) is 0.804. The second-order valence-corrected chi connectivity index (χ2v) is 5.98. The zero-order valence-electron chi connectivity index (χ0n) is 12.7. The zero-order chi connectivity index (χ0) is 17.7. The number of hydrogen-bond acceptors (Lipinski definition) is 4. The van der Waals surface area contributed by atoms with E-state index in [0.717, 1.165) is 12.1 Å². The summed E-state index contributed by atoms with van der Waals surface area (Å²) in [5.74, 6) is -4.78. The van der Waals surface area contributed by atoms with Crippen molar-refractivity contribution in [2.24, 2.45) is 5.92 Å². The first-order valence-electron chi connectivity index (χ1n) is 7.62. The Morgan fingerprint density at radius 1 is 1.04 bits per heavy atom. The third-order valence-electron chi connectivity index (χ3n) is 4.39. The van der Waals surface area contributed by atoms with Gasteiger partial charge in [0.1, 0.15) is 11.6 Å². The number of carbonyl (C=O) groups is 3. The second-order valence-electron chi connectivity index (χ2n) is 5.98. The number of fused-ring (bicyclic) bond motifs is 1. The van der Waals surface area contributed by atoms with E-state index in [1.807, 2.05) is 0 Å². The van der Waals surface area contributed by atoms with E-state index in [1.54, 1.807) is 12.1 Å². The van der Waals surface area contributed by atoms with Crippen molar-refractivity contribution in [2.75, 3.05) is 0 Å². The summed E-state index contributed by atoms with van der Waals surface area (Å²) >= 11 is 0. The van der Waals surface area contributed by atoms with Gasteiger partial charge >= 0.3 is 5.97 Å². The van der Waals surface area contributed by atoms with Crippen molar-refractivity contribution in [1.82, 2.24) is 5.06 Å². The van der Waals surface area contributed by atoms with Crippen LogP contribution >= 0.6 is 0 Å². The number of hydrogen-bond donors (Lipinski definition) is 0. The van der Waals surface area contributed by atoms with Crippen LogP contribution in [0, 0.1) is 17.6 Å². The zero-order valence-corrected chi connectivity index (χ0v) is 12.7. The Labute approximate surface area is 140 Å². The third kappa shape index (κ3) is 2.48. The molecule has 126 valence electrons. The minimum atomic E-state index is -0.789. The van der Waals surface area contributed by atoms with Crippen LogP contribution in [0.2, 0.25) is 0 Å². The van der Waals surface area contributed by atoms with Crippen LogP contribution in [0.25, 0.3) is 0 Å². The number of hydroxylamine groups is 2. The van der Waals surface area contributed by atoms with Gasteiger partial charge in [-0.1, -0.05) is 23.3 Å². The lowest BCUT2D eigenvalue weighted by Gasteiger charge is -2.12. The van der Waals surface area contributed by atoms with Crippen molar-refractivity contribution < 1.29 is 28.0 Å². The summed E-state index contributed by atoms with van der Waals surface area (Å²) in [5.41, 5.74) is 0.542. The van der Waals surface area contributed by atoms with Gasteiger partial charge in [-0.3, -0.25) is 9.59 Å². The molecule has 1 fully saturated rings. The lowest BCUT2D eigenvalue weighted by Crippen LogP contribution is -2.33. The first-order chi connectivity index (χ1) is 12.0. The molecule has 0 bridgehead atoms. The van der Waals surface area contributed by atoms with Crippen molar-refractivity contribution in [3.8, 4) is 0 Å². The van der Waals surface area contributed by atoms with Gasteiger partial charge in [-0.15, -0.1) is 0 Å². The van der Waals surface area contributed by atoms with Crippen LogP contribution in [0.5, 0.6) is 0 Å². The minimum Gasteiger partial charge on any atom is -0.329 e. The van der Waals surface area contributed by atoms with Crippen LogP contribution < -0.4 is 0 Å². The van der Waals surface area contributed by atoms with E-state index in [1.165, 1.54) is 18.2 Å². The number of nitrogens with zero attached hydrogens (tertiary/aromatic N) is 1. The van der Waals surface area contributed by atoms with Crippen LogP contribution in [0.3, 0.4) is 0 Å². The maximum atomic E-state index is 13.8. The lowest BCUT2D eigenvalue weighted by molar-refractivity contribution is -0.170. The van der Waals surface area contributed by atoms with Gasteiger partial charge in [-0.2, -0.15) is 0 Å². The van der Waals surface area contributed by atoms with E-state index >= 15 is 0 Å². The number of benzene rings is 2. The topological polar surface area (TPSA) is 63.7 Å². The summed E-state index contributed by atoms with van der Waals surface area (Å²) < 4.78 is 26.7. The molecule has 4 rings (SSSR count). The monoisotopic (exact) mass is 343 g/mol. The first-order valence-corrected chi connectivity index (χ1v) is 7.62. The molecule has 1 heterocycles. The molecule has 1 aliphatic carbocycles. The molecule has 0 unspecified atom stereocenters. The number of rotatable bonds is 3. The van der Waals surface area contributed by atoms with Gasteiger partial charge in [-0.25, -0.2) is 13.6 Å². The second kappa shape index (κ2) is 5.47. The molecule has 25 heavy (non-hydrogen) atoms. The van der Waals surface area contributed by atoms with E-state index in [2.05, 4.69) is 0 Å². The summed E-state index contributed by atoms with van der Waals surface area (Å²) in [6.07, 6.45) is 0.310. The number of imide groups is 1. The molecule has 0 aromatic heterocycles. The van der Waals surface area contributed by atoms with Gasteiger partial charge in [0.15, 0.2) is 0 Å². The molecule has 7 heteroatoms. The Morgan fingerprint density at radius 3 is 2.28 bits per heavy atom. The van der Waals surface area contributed by atoms with Crippen molar-refractivity contribution in [3.05, 3.63) is 70.8 Å². The molecule has 2 atom stereocenters. The molecule has 0 N–H and O–H groups in total. The van der Waals surface area contributed by atoms with Gasteiger partial charge in [-0.05, 0) is 30.2 Å². The fraction of sp³-hybridized carbons (Fsp3) is 0.167. The summed E-state index contributed by atoms with van der Waals surface area (Å²) in [5, 5.41) is 0.434. The molecule has 0 saturated heterocycles. The largest absolute Gasteiger partial charge is 0.336 e. The van der Waals surface area contributed by atoms with Gasteiger partial charge in [0.2, 0.25) is 0 Å². The Balaban J connectivity index is 1.48. The van der Waals surface area contributed by atoms with E-state index in [9.17, 15) is 23.2 Å². The molecule has 0 spiro atoms. The highest BCUT2D eigenvalue weighted by atomic mass is 19.1. The standard InChI is InChI=1S/C18H11F2NO4/c19-9-5-6-10(15(20)7-9)13-8-14(13)18(24)25-21-16(22)11-3-1-2-4-12(11)17(21)23/h1-7,13-14H,8H2/t13-,14+/m0/s1. The van der Waals surface area contributed by atoms with Crippen molar-refractivity contribution in [1.29, 1.82) is 0 Å². The summed E-state index contributed by atoms with van der Waals surface area (Å²) in [7, 11) is 0. The summed E-state index contributed by atoms with van der Waals surface area (Å²) in [6.45, 7) is 0. The molecular weight excluding hydrogens is 332 g/mol. The maximum absolute atomic E-state index is 13.8. The molecule has 0 radical (unpaired) electrons. The van der Waals surface area contributed by atoms with E-state index in [-0.39, 0.29) is 16.7 Å².